The molecule has 1 spiro atoms. The van der Waals surface area contributed by atoms with E-state index in [1.54, 1.807) is 0 Å². The molecule has 1 aliphatic carbocycles. The van der Waals surface area contributed by atoms with Gasteiger partial charge in [-0.1, -0.05) is 0 Å². The van der Waals surface area contributed by atoms with Crippen molar-refractivity contribution in [2.75, 3.05) is 25.1 Å². The van der Waals surface area contributed by atoms with Gasteiger partial charge in [-0.3, -0.25) is 10.1 Å². The summed E-state index contributed by atoms with van der Waals surface area (Å²) in [4.78, 5) is 15.2. The van der Waals surface area contributed by atoms with Crippen LogP contribution in [0.15, 0.2) is 17.6 Å². The minimum atomic E-state index is -0.635. The smallest absolute Gasteiger partial charge is 0.311 e. The molecule has 0 atom stereocenters. The highest BCUT2D eigenvalue weighted by Crippen LogP contribution is 2.44. The SMILES string of the molecule is O=[N+]([O-])c1cnc2ccsc2c1NC1(CO)CCC2(CC1)OCCO2. The molecule has 0 radical (unpaired) electrons. The van der Waals surface area contributed by atoms with Crippen molar-refractivity contribution in [3.63, 3.8) is 0 Å². The Morgan fingerprint density at radius 1 is 1.32 bits per heavy atom. The highest BCUT2D eigenvalue weighted by atomic mass is 32.1. The summed E-state index contributed by atoms with van der Waals surface area (Å²) in [5, 5.41) is 26.7. The number of nitrogens with one attached hydrogen (secondary N) is 1. The second kappa shape index (κ2) is 6.17. The van der Waals surface area contributed by atoms with Gasteiger partial charge < -0.3 is 19.9 Å². The third kappa shape index (κ3) is 2.86. The fourth-order valence-corrected chi connectivity index (χ4v) is 4.49. The molecule has 9 heteroatoms. The topological polar surface area (TPSA) is 107 Å². The van der Waals surface area contributed by atoms with E-state index in [0.29, 0.717) is 50.1 Å². The summed E-state index contributed by atoms with van der Waals surface area (Å²) < 4.78 is 12.2. The van der Waals surface area contributed by atoms with E-state index in [1.807, 2.05) is 11.4 Å². The normalized spacial score (nSPS) is 21.6. The van der Waals surface area contributed by atoms with Crippen molar-refractivity contribution in [1.82, 2.24) is 4.98 Å². The number of aliphatic hydroxyl groups excluding tert-OH is 1. The zero-order valence-corrected chi connectivity index (χ0v) is 14.4. The van der Waals surface area contributed by atoms with Crippen LogP contribution in [0.1, 0.15) is 25.7 Å². The molecule has 25 heavy (non-hydrogen) atoms. The number of ether oxygens (including phenoxy) is 2. The number of anilines is 1. The second-order valence-corrected chi connectivity index (χ2v) is 7.50. The lowest BCUT2D eigenvalue weighted by Gasteiger charge is -2.43. The third-order valence-corrected chi connectivity index (χ3v) is 6.05. The first-order chi connectivity index (χ1) is 12.1. The Morgan fingerprint density at radius 3 is 2.68 bits per heavy atom. The summed E-state index contributed by atoms with van der Waals surface area (Å²) in [5.41, 5.74) is 0.435. The second-order valence-electron chi connectivity index (χ2n) is 6.58. The minimum Gasteiger partial charge on any atom is -0.394 e. The Labute approximate surface area is 147 Å². The van der Waals surface area contributed by atoms with E-state index in [9.17, 15) is 15.2 Å². The van der Waals surface area contributed by atoms with Gasteiger partial charge in [-0.2, -0.15) is 0 Å². The number of hydrogen-bond donors (Lipinski definition) is 2. The standard InChI is InChI=1S/C16H19N3O5S/c20-10-15(2-4-16(5-3-15)23-6-7-24-16)18-13-12(19(21)22)9-17-11-1-8-25-14(11)13/h1,8-9,20H,2-7,10H2,(H,17,18). The van der Waals surface area contributed by atoms with Crippen LogP contribution in [0.4, 0.5) is 11.4 Å². The molecule has 0 bridgehead atoms. The first-order valence-corrected chi connectivity index (χ1v) is 9.12. The van der Waals surface area contributed by atoms with Crippen molar-refractivity contribution in [3.05, 3.63) is 27.8 Å². The van der Waals surface area contributed by atoms with Crippen LogP contribution in [-0.4, -0.2) is 46.2 Å². The van der Waals surface area contributed by atoms with Crippen LogP contribution in [0.3, 0.4) is 0 Å². The van der Waals surface area contributed by atoms with Crippen molar-refractivity contribution in [1.29, 1.82) is 0 Å². The van der Waals surface area contributed by atoms with Crippen molar-refractivity contribution in [2.45, 2.75) is 37.0 Å². The van der Waals surface area contributed by atoms with Gasteiger partial charge in [-0.25, -0.2) is 4.98 Å². The van der Waals surface area contributed by atoms with Gasteiger partial charge in [0.25, 0.3) is 0 Å². The lowest BCUT2D eigenvalue weighted by Crippen LogP contribution is -2.50. The highest BCUT2D eigenvalue weighted by Gasteiger charge is 2.46. The van der Waals surface area contributed by atoms with Gasteiger partial charge in [0.15, 0.2) is 5.79 Å². The molecule has 2 aliphatic rings. The van der Waals surface area contributed by atoms with Crippen molar-refractivity contribution < 1.29 is 19.5 Å². The summed E-state index contributed by atoms with van der Waals surface area (Å²) in [6.45, 7) is 1.06. The van der Waals surface area contributed by atoms with Crippen molar-refractivity contribution in [2.24, 2.45) is 0 Å². The predicted molar refractivity (Wildman–Crippen MR) is 92.8 cm³/mol. The van der Waals surface area contributed by atoms with Gasteiger partial charge in [0, 0.05) is 12.8 Å². The largest absolute Gasteiger partial charge is 0.394 e. The van der Waals surface area contributed by atoms with Crippen molar-refractivity contribution >= 4 is 32.9 Å². The van der Waals surface area contributed by atoms with Gasteiger partial charge in [0.05, 0.1) is 40.5 Å². The molecule has 2 aromatic rings. The van der Waals surface area contributed by atoms with E-state index in [0.717, 1.165) is 4.70 Å². The predicted octanol–water partition coefficient (Wildman–Crippen LogP) is 2.66. The van der Waals surface area contributed by atoms with E-state index in [-0.39, 0.29) is 12.3 Å². The Balaban J connectivity index is 1.66. The van der Waals surface area contributed by atoms with Gasteiger partial charge in [0.1, 0.15) is 11.9 Å². The van der Waals surface area contributed by atoms with E-state index < -0.39 is 16.2 Å². The van der Waals surface area contributed by atoms with Crippen LogP contribution < -0.4 is 5.32 Å². The maximum atomic E-state index is 11.5. The monoisotopic (exact) mass is 365 g/mol. The molecule has 1 saturated heterocycles. The molecule has 2 aromatic heterocycles. The molecule has 0 unspecified atom stereocenters. The third-order valence-electron chi connectivity index (χ3n) is 5.13. The quantitative estimate of drug-likeness (QED) is 0.633. The lowest BCUT2D eigenvalue weighted by atomic mass is 9.79. The van der Waals surface area contributed by atoms with Gasteiger partial charge >= 0.3 is 5.69 Å². The number of thiophene rings is 1. The average molecular weight is 365 g/mol. The number of aromatic nitrogens is 1. The lowest BCUT2D eigenvalue weighted by molar-refractivity contribution is -0.384. The maximum Gasteiger partial charge on any atom is 0.311 e. The molecule has 1 saturated carbocycles. The first kappa shape index (κ1) is 16.6. The Hall–Kier alpha value is -1.81. The van der Waals surface area contributed by atoms with Crippen molar-refractivity contribution in [3.8, 4) is 0 Å². The highest BCUT2D eigenvalue weighted by molar-refractivity contribution is 7.17. The molecular formula is C16H19N3O5S. The molecule has 1 aliphatic heterocycles. The Morgan fingerprint density at radius 2 is 2.04 bits per heavy atom. The van der Waals surface area contributed by atoms with E-state index in [1.165, 1.54) is 17.5 Å². The Bertz CT molecular complexity index is 792. The molecule has 8 nitrogen and oxygen atoms in total. The van der Waals surface area contributed by atoms with Crippen LogP contribution in [0.2, 0.25) is 0 Å². The molecule has 134 valence electrons. The van der Waals surface area contributed by atoms with E-state index in [2.05, 4.69) is 10.3 Å². The molecule has 2 fully saturated rings. The molecule has 4 rings (SSSR count). The van der Waals surface area contributed by atoms with Crippen LogP contribution in [0.5, 0.6) is 0 Å². The Kier molecular flexibility index (Phi) is 4.11. The number of rotatable bonds is 4. The summed E-state index contributed by atoms with van der Waals surface area (Å²) in [5.74, 6) is -0.553. The number of fused-ring (bicyclic) bond motifs is 1. The first-order valence-electron chi connectivity index (χ1n) is 8.24. The fraction of sp³-hybridized carbons (Fsp3) is 0.562. The maximum absolute atomic E-state index is 11.5. The number of hydrogen-bond acceptors (Lipinski definition) is 8. The minimum absolute atomic E-state index is 0.0728. The zero-order chi connectivity index (χ0) is 17.5. The molecular weight excluding hydrogens is 346 g/mol. The van der Waals surface area contributed by atoms with E-state index >= 15 is 0 Å². The van der Waals surface area contributed by atoms with Gasteiger partial charge in [-0.05, 0) is 24.3 Å². The summed E-state index contributed by atoms with van der Waals surface area (Å²) in [6.07, 6.45) is 3.78. The van der Waals surface area contributed by atoms with Crippen LogP contribution in [0, 0.1) is 10.1 Å². The molecule has 0 amide bonds. The number of nitrogens with zero attached hydrogens (tertiary/aromatic N) is 2. The van der Waals surface area contributed by atoms with Gasteiger partial charge in [0.2, 0.25) is 0 Å². The number of nitro groups is 1. The van der Waals surface area contributed by atoms with E-state index in [4.69, 9.17) is 9.47 Å². The molecule has 0 aromatic carbocycles. The van der Waals surface area contributed by atoms with Gasteiger partial charge in [-0.15, -0.1) is 11.3 Å². The van der Waals surface area contributed by atoms with Crippen LogP contribution in [0.25, 0.3) is 10.2 Å². The fourth-order valence-electron chi connectivity index (χ4n) is 3.64. The summed E-state index contributed by atoms with van der Waals surface area (Å²) in [7, 11) is 0. The number of pyridine rings is 1. The molecule has 2 N–H and O–H groups in total. The summed E-state index contributed by atoms with van der Waals surface area (Å²) >= 11 is 1.40. The zero-order valence-electron chi connectivity index (χ0n) is 13.6. The number of aliphatic hydroxyl groups is 1. The van der Waals surface area contributed by atoms with Crippen LogP contribution >= 0.6 is 11.3 Å². The average Bonchev–Trinajstić information content (AvgIpc) is 3.27. The summed E-state index contributed by atoms with van der Waals surface area (Å²) in [6, 6.07) is 1.83. The van der Waals surface area contributed by atoms with Crippen LogP contribution in [-0.2, 0) is 9.47 Å². The molecule has 3 heterocycles.